The molecule has 1 N–H and O–H groups in total. The Morgan fingerprint density at radius 3 is 1.35 bits per heavy atom. The van der Waals surface area contributed by atoms with E-state index in [1.807, 2.05) is 0 Å². The van der Waals surface area contributed by atoms with Gasteiger partial charge in [-0.05, 0) is 110 Å². The van der Waals surface area contributed by atoms with Gasteiger partial charge in [-0.2, -0.15) is 0 Å². The number of rotatable bonds is 33. The second kappa shape index (κ2) is 33.9. The molecule has 0 aliphatic heterocycles. The van der Waals surface area contributed by atoms with Gasteiger partial charge in [-0.25, -0.2) is 0 Å². The first kappa shape index (κ1) is 44.4. The zero-order chi connectivity index (χ0) is 34.8. The fourth-order valence-corrected chi connectivity index (χ4v) is 7.03. The third-order valence-electron chi connectivity index (χ3n) is 10.4. The molecule has 1 saturated carbocycles. The maximum atomic E-state index is 13.2. The zero-order valence-electron chi connectivity index (χ0n) is 32.7. The number of hydrogen-bond acceptors (Lipinski definition) is 2. The van der Waals surface area contributed by atoms with Crippen molar-refractivity contribution in [3.05, 3.63) is 48.6 Å². The zero-order valence-corrected chi connectivity index (χ0v) is 32.7. The van der Waals surface area contributed by atoms with Crippen molar-refractivity contribution in [3.8, 4) is 0 Å². The summed E-state index contributed by atoms with van der Waals surface area (Å²) in [6, 6.07) is 0.937. The SMILES string of the molecule is CCCCCC=CCC=CCCCCCCCCC(CCCCCCCCC=CCC=CCCCCC)NC(=O)C1CCC(N(C)C)C1. The molecule has 2 atom stereocenters. The van der Waals surface area contributed by atoms with Crippen molar-refractivity contribution >= 4 is 5.91 Å². The lowest BCUT2D eigenvalue weighted by atomic mass is 9.98. The molecule has 0 spiro atoms. The summed E-state index contributed by atoms with van der Waals surface area (Å²) in [5.41, 5.74) is 0. The molecule has 3 heteroatoms. The number of allylic oxidation sites excluding steroid dienone is 8. The fourth-order valence-electron chi connectivity index (χ4n) is 7.03. The van der Waals surface area contributed by atoms with Crippen LogP contribution in [-0.2, 0) is 4.79 Å². The van der Waals surface area contributed by atoms with Crippen molar-refractivity contribution in [1.29, 1.82) is 0 Å². The lowest BCUT2D eigenvalue weighted by molar-refractivity contribution is -0.125. The van der Waals surface area contributed by atoms with Gasteiger partial charge in [0, 0.05) is 18.0 Å². The number of nitrogens with one attached hydrogen (secondary N) is 1. The molecule has 1 aliphatic rings. The highest BCUT2D eigenvalue weighted by Crippen LogP contribution is 2.29. The van der Waals surface area contributed by atoms with Gasteiger partial charge in [-0.1, -0.05) is 152 Å². The smallest absolute Gasteiger partial charge is 0.223 e. The van der Waals surface area contributed by atoms with Crippen molar-refractivity contribution in [2.45, 2.75) is 212 Å². The molecule has 1 rings (SSSR count). The molecule has 1 aliphatic carbocycles. The van der Waals surface area contributed by atoms with E-state index in [0.717, 1.165) is 44.9 Å². The molecule has 0 aromatic carbocycles. The van der Waals surface area contributed by atoms with Crippen LogP contribution in [0.15, 0.2) is 48.6 Å². The summed E-state index contributed by atoms with van der Waals surface area (Å²) in [6.45, 7) is 4.53. The summed E-state index contributed by atoms with van der Waals surface area (Å²) < 4.78 is 0. The first-order chi connectivity index (χ1) is 23.6. The number of nitrogens with zero attached hydrogens (tertiary/aromatic N) is 1. The maximum Gasteiger partial charge on any atom is 0.223 e. The Morgan fingerprint density at radius 2 is 0.958 bits per heavy atom. The van der Waals surface area contributed by atoms with E-state index >= 15 is 0 Å². The molecular formula is C45H82N2O. The number of amides is 1. The van der Waals surface area contributed by atoms with Crippen molar-refractivity contribution in [1.82, 2.24) is 10.2 Å². The highest BCUT2D eigenvalue weighted by atomic mass is 16.1. The maximum absolute atomic E-state index is 13.2. The summed E-state index contributed by atoms with van der Waals surface area (Å²) in [5, 5.41) is 3.54. The summed E-state index contributed by atoms with van der Waals surface area (Å²) in [5.74, 6) is 0.552. The van der Waals surface area contributed by atoms with Gasteiger partial charge in [0.1, 0.15) is 0 Å². The van der Waals surface area contributed by atoms with Crippen LogP contribution in [0, 0.1) is 5.92 Å². The lowest BCUT2D eigenvalue weighted by Crippen LogP contribution is -2.39. The summed E-state index contributed by atoms with van der Waals surface area (Å²) in [6.07, 6.45) is 55.3. The predicted molar refractivity (Wildman–Crippen MR) is 215 cm³/mol. The van der Waals surface area contributed by atoms with Crippen LogP contribution in [0.4, 0.5) is 0 Å². The highest BCUT2D eigenvalue weighted by Gasteiger charge is 2.31. The van der Waals surface area contributed by atoms with Crippen molar-refractivity contribution < 1.29 is 4.79 Å². The van der Waals surface area contributed by atoms with Crippen LogP contribution >= 0.6 is 0 Å². The monoisotopic (exact) mass is 667 g/mol. The van der Waals surface area contributed by atoms with E-state index < -0.39 is 0 Å². The minimum Gasteiger partial charge on any atom is -0.353 e. The van der Waals surface area contributed by atoms with Crippen LogP contribution in [0.1, 0.15) is 200 Å². The number of carbonyl (C=O) groups is 1. The average molecular weight is 667 g/mol. The Hall–Kier alpha value is -1.61. The Bertz CT molecular complexity index is 777. The Morgan fingerprint density at radius 1 is 0.562 bits per heavy atom. The summed E-state index contributed by atoms with van der Waals surface area (Å²) in [4.78, 5) is 15.5. The van der Waals surface area contributed by atoms with Crippen molar-refractivity contribution in [3.63, 3.8) is 0 Å². The van der Waals surface area contributed by atoms with Crippen LogP contribution < -0.4 is 5.32 Å². The predicted octanol–water partition coefficient (Wildman–Crippen LogP) is 13.6. The lowest BCUT2D eigenvalue weighted by Gasteiger charge is -2.22. The van der Waals surface area contributed by atoms with Crippen LogP contribution in [0.3, 0.4) is 0 Å². The van der Waals surface area contributed by atoms with E-state index in [1.165, 1.54) is 141 Å². The first-order valence-corrected chi connectivity index (χ1v) is 21.1. The average Bonchev–Trinajstić information content (AvgIpc) is 3.59. The molecule has 0 aromatic rings. The van der Waals surface area contributed by atoms with E-state index in [4.69, 9.17) is 0 Å². The van der Waals surface area contributed by atoms with E-state index in [9.17, 15) is 4.79 Å². The van der Waals surface area contributed by atoms with E-state index in [-0.39, 0.29) is 5.92 Å². The second-order valence-corrected chi connectivity index (χ2v) is 15.1. The largest absolute Gasteiger partial charge is 0.353 e. The van der Waals surface area contributed by atoms with Gasteiger partial charge < -0.3 is 10.2 Å². The molecule has 1 fully saturated rings. The Kier molecular flexibility index (Phi) is 31.3. The normalized spacial score (nSPS) is 17.7. The third kappa shape index (κ3) is 27.2. The van der Waals surface area contributed by atoms with Crippen LogP contribution in [0.5, 0.6) is 0 Å². The third-order valence-corrected chi connectivity index (χ3v) is 10.4. The Balaban J connectivity index is 2.20. The number of unbranched alkanes of at least 4 members (excludes halogenated alkanes) is 18. The van der Waals surface area contributed by atoms with Gasteiger partial charge in [-0.15, -0.1) is 0 Å². The van der Waals surface area contributed by atoms with E-state index in [2.05, 4.69) is 86.8 Å². The van der Waals surface area contributed by atoms with Gasteiger partial charge >= 0.3 is 0 Å². The van der Waals surface area contributed by atoms with Crippen LogP contribution in [0.25, 0.3) is 0 Å². The molecule has 0 radical (unpaired) electrons. The quantitative estimate of drug-likeness (QED) is 0.0558. The van der Waals surface area contributed by atoms with Crippen molar-refractivity contribution in [2.75, 3.05) is 14.1 Å². The van der Waals surface area contributed by atoms with Crippen LogP contribution in [-0.4, -0.2) is 37.0 Å². The summed E-state index contributed by atoms with van der Waals surface area (Å²) in [7, 11) is 4.32. The first-order valence-electron chi connectivity index (χ1n) is 21.1. The molecule has 2 unspecified atom stereocenters. The molecule has 0 aromatic heterocycles. The van der Waals surface area contributed by atoms with Gasteiger partial charge in [0.25, 0.3) is 0 Å². The fraction of sp³-hybridized carbons (Fsp3) is 0.800. The van der Waals surface area contributed by atoms with Gasteiger partial charge in [0.2, 0.25) is 5.91 Å². The molecule has 3 nitrogen and oxygen atoms in total. The van der Waals surface area contributed by atoms with E-state index in [0.29, 0.717) is 18.0 Å². The van der Waals surface area contributed by atoms with Gasteiger partial charge in [-0.3, -0.25) is 4.79 Å². The molecular weight excluding hydrogens is 585 g/mol. The van der Waals surface area contributed by atoms with E-state index in [1.54, 1.807) is 0 Å². The minimum atomic E-state index is 0.214. The van der Waals surface area contributed by atoms with Gasteiger partial charge in [0.15, 0.2) is 0 Å². The standard InChI is InChI=1S/C45H82N2O/c1-5-7-9-11-13-15-17-19-21-23-25-27-29-31-33-35-37-43(46-45(48)42-39-40-44(41-42)47(3)4)38-36-34-32-30-28-26-24-22-20-18-16-14-12-10-8-6-2/h13-16,19-22,42-44H,5-12,17-18,23-41H2,1-4H3,(H,46,48). The summed E-state index contributed by atoms with van der Waals surface area (Å²) >= 11 is 0. The van der Waals surface area contributed by atoms with Crippen molar-refractivity contribution in [2.24, 2.45) is 5.92 Å². The molecule has 0 bridgehead atoms. The van der Waals surface area contributed by atoms with Gasteiger partial charge in [0.05, 0.1) is 0 Å². The second-order valence-electron chi connectivity index (χ2n) is 15.1. The molecule has 48 heavy (non-hydrogen) atoms. The molecule has 0 heterocycles. The molecule has 278 valence electrons. The highest BCUT2D eigenvalue weighted by molar-refractivity contribution is 5.79. The number of carbonyl (C=O) groups excluding carboxylic acids is 1. The Labute approximate surface area is 301 Å². The van der Waals surface area contributed by atoms with Crippen LogP contribution in [0.2, 0.25) is 0 Å². The minimum absolute atomic E-state index is 0.214. The molecule has 0 saturated heterocycles. The number of hydrogen-bond donors (Lipinski definition) is 1. The topological polar surface area (TPSA) is 32.3 Å². The molecule has 1 amide bonds.